The Balaban J connectivity index is 1.75. The summed E-state index contributed by atoms with van der Waals surface area (Å²) in [5, 5.41) is 13.0. The maximum atomic E-state index is 13.5. The summed E-state index contributed by atoms with van der Waals surface area (Å²) >= 11 is 0. The molecule has 2 aliphatic rings. The van der Waals surface area contributed by atoms with Crippen LogP contribution in [0.1, 0.15) is 41.4 Å². The highest BCUT2D eigenvalue weighted by Crippen LogP contribution is 2.49. The van der Waals surface area contributed by atoms with Gasteiger partial charge in [-0.05, 0) is 48.7 Å². The maximum Gasteiger partial charge on any atom is 0.337 e. The molecule has 2 aliphatic heterocycles. The zero-order valence-electron chi connectivity index (χ0n) is 18.0. The van der Waals surface area contributed by atoms with Crippen LogP contribution in [-0.2, 0) is 25.5 Å². The van der Waals surface area contributed by atoms with Crippen LogP contribution in [-0.4, -0.2) is 41.5 Å². The average Bonchev–Trinajstić information content (AvgIpc) is 3.27. The number of fused-ring (bicyclic) bond motifs is 1. The molecule has 2 aromatic rings. The molecule has 8 heteroatoms. The van der Waals surface area contributed by atoms with Crippen molar-refractivity contribution in [2.45, 2.75) is 31.8 Å². The Kier molecular flexibility index (Phi) is 5.34. The Morgan fingerprint density at radius 1 is 1.06 bits per heavy atom. The fourth-order valence-electron chi connectivity index (χ4n) is 4.70. The molecule has 4 rings (SSSR count). The lowest BCUT2D eigenvalue weighted by molar-refractivity contribution is -0.147. The van der Waals surface area contributed by atoms with Gasteiger partial charge >= 0.3 is 11.9 Å². The Hall–Kier alpha value is -3.52. The first-order valence-corrected chi connectivity index (χ1v) is 10.4. The van der Waals surface area contributed by atoms with Gasteiger partial charge in [0.05, 0.1) is 30.2 Å². The SMILES string of the molecule is CCc1ccc(N2C(=O)C3C(c4ccc(C(=O)OC)cc4)NC(C)(C(=O)O)C3C2=O)cc1. The predicted octanol–water partition coefficient (Wildman–Crippen LogP) is 2.33. The minimum absolute atomic E-state index is 0.332. The summed E-state index contributed by atoms with van der Waals surface area (Å²) in [5.74, 6) is -4.63. The number of anilines is 1. The number of hydrogen-bond donors (Lipinski definition) is 2. The van der Waals surface area contributed by atoms with Crippen LogP contribution in [0.15, 0.2) is 48.5 Å². The first kappa shape index (κ1) is 21.7. The van der Waals surface area contributed by atoms with Gasteiger partial charge in [0.15, 0.2) is 0 Å². The molecule has 0 aromatic heterocycles. The van der Waals surface area contributed by atoms with Gasteiger partial charge in [-0.1, -0.05) is 31.2 Å². The molecule has 4 unspecified atom stereocenters. The summed E-state index contributed by atoms with van der Waals surface area (Å²) in [7, 11) is 1.28. The molecule has 2 fully saturated rings. The van der Waals surface area contributed by atoms with Crippen molar-refractivity contribution in [3.63, 3.8) is 0 Å². The van der Waals surface area contributed by atoms with Crippen LogP contribution in [0.5, 0.6) is 0 Å². The van der Waals surface area contributed by atoms with Crippen LogP contribution in [0.25, 0.3) is 0 Å². The van der Waals surface area contributed by atoms with Crippen molar-refractivity contribution in [2.24, 2.45) is 11.8 Å². The number of nitrogens with zero attached hydrogens (tertiary/aromatic N) is 1. The molecule has 2 saturated heterocycles. The van der Waals surface area contributed by atoms with Crippen molar-refractivity contribution < 1.29 is 29.0 Å². The third-order valence-corrected chi connectivity index (χ3v) is 6.53. The Morgan fingerprint density at radius 2 is 1.69 bits per heavy atom. The number of nitrogens with one attached hydrogen (secondary N) is 1. The highest BCUT2D eigenvalue weighted by molar-refractivity contribution is 6.24. The van der Waals surface area contributed by atoms with Crippen LogP contribution in [0.3, 0.4) is 0 Å². The molecular weight excluding hydrogens is 412 g/mol. The molecule has 0 bridgehead atoms. The molecule has 0 radical (unpaired) electrons. The lowest BCUT2D eigenvalue weighted by Gasteiger charge is -2.27. The van der Waals surface area contributed by atoms with Crippen molar-refractivity contribution in [3.05, 3.63) is 65.2 Å². The van der Waals surface area contributed by atoms with E-state index in [9.17, 15) is 24.3 Å². The predicted molar refractivity (Wildman–Crippen MR) is 115 cm³/mol. The molecule has 32 heavy (non-hydrogen) atoms. The Morgan fingerprint density at radius 3 is 2.22 bits per heavy atom. The number of imide groups is 1. The molecule has 166 valence electrons. The maximum absolute atomic E-state index is 13.5. The van der Waals surface area contributed by atoms with Crippen LogP contribution in [0, 0.1) is 11.8 Å². The van der Waals surface area contributed by atoms with Gasteiger partial charge in [0.25, 0.3) is 0 Å². The van der Waals surface area contributed by atoms with Gasteiger partial charge in [0.1, 0.15) is 5.54 Å². The first-order chi connectivity index (χ1) is 15.2. The number of amides is 2. The molecule has 0 aliphatic carbocycles. The van der Waals surface area contributed by atoms with Crippen LogP contribution >= 0.6 is 0 Å². The third kappa shape index (κ3) is 3.18. The van der Waals surface area contributed by atoms with E-state index in [4.69, 9.17) is 4.74 Å². The van der Waals surface area contributed by atoms with E-state index in [1.165, 1.54) is 14.0 Å². The number of esters is 1. The van der Waals surface area contributed by atoms with E-state index in [1.54, 1.807) is 36.4 Å². The number of carbonyl (C=O) groups excluding carboxylic acids is 3. The molecule has 4 atom stereocenters. The summed E-state index contributed by atoms with van der Waals surface area (Å²) < 4.78 is 4.71. The normalized spacial score (nSPS) is 26.8. The first-order valence-electron chi connectivity index (χ1n) is 10.4. The molecule has 8 nitrogen and oxygen atoms in total. The van der Waals surface area contributed by atoms with Crippen molar-refractivity contribution in [3.8, 4) is 0 Å². The quantitative estimate of drug-likeness (QED) is 0.546. The fourth-order valence-corrected chi connectivity index (χ4v) is 4.70. The minimum Gasteiger partial charge on any atom is -0.480 e. The zero-order valence-corrected chi connectivity index (χ0v) is 18.0. The largest absolute Gasteiger partial charge is 0.480 e. The summed E-state index contributed by atoms with van der Waals surface area (Å²) in [6.45, 7) is 3.44. The molecule has 2 heterocycles. The summed E-state index contributed by atoms with van der Waals surface area (Å²) in [4.78, 5) is 51.9. The van der Waals surface area contributed by atoms with Gasteiger partial charge in [0.2, 0.25) is 11.8 Å². The van der Waals surface area contributed by atoms with E-state index in [1.807, 2.05) is 19.1 Å². The van der Waals surface area contributed by atoms with Gasteiger partial charge in [-0.25, -0.2) is 9.69 Å². The number of aryl methyl sites for hydroxylation is 1. The molecule has 2 aromatic carbocycles. The lowest BCUT2D eigenvalue weighted by atomic mass is 9.80. The number of methoxy groups -OCH3 is 1. The molecular formula is C24H24N2O6. The number of benzene rings is 2. The van der Waals surface area contributed by atoms with Gasteiger partial charge in [-0.3, -0.25) is 19.7 Å². The average molecular weight is 436 g/mol. The number of hydrogen-bond acceptors (Lipinski definition) is 6. The molecule has 0 spiro atoms. The molecule has 0 saturated carbocycles. The van der Waals surface area contributed by atoms with Crippen LogP contribution < -0.4 is 10.2 Å². The van der Waals surface area contributed by atoms with Crippen molar-refractivity contribution >= 4 is 29.4 Å². The number of carboxylic acid groups (broad SMARTS) is 1. The standard InChI is InChI=1S/C24H24N2O6/c1-4-13-5-11-16(12-6-13)26-20(27)17-18(21(26)28)24(2,23(30)31)25-19(17)14-7-9-15(10-8-14)22(29)32-3/h5-12,17-19,25H,4H2,1-3H3,(H,30,31). The summed E-state index contributed by atoms with van der Waals surface area (Å²) in [5.41, 5.74) is 0.814. The van der Waals surface area contributed by atoms with Crippen molar-refractivity contribution in [1.29, 1.82) is 0 Å². The smallest absolute Gasteiger partial charge is 0.337 e. The van der Waals surface area contributed by atoms with E-state index in [2.05, 4.69) is 5.32 Å². The molecule has 2 amide bonds. The van der Waals surface area contributed by atoms with Crippen LogP contribution in [0.4, 0.5) is 5.69 Å². The van der Waals surface area contributed by atoms with Gasteiger partial charge in [0, 0.05) is 6.04 Å². The highest BCUT2D eigenvalue weighted by atomic mass is 16.5. The van der Waals surface area contributed by atoms with E-state index in [-0.39, 0.29) is 0 Å². The van der Waals surface area contributed by atoms with Gasteiger partial charge in [-0.2, -0.15) is 0 Å². The van der Waals surface area contributed by atoms with E-state index in [0.29, 0.717) is 16.8 Å². The van der Waals surface area contributed by atoms with E-state index >= 15 is 0 Å². The summed E-state index contributed by atoms with van der Waals surface area (Å²) in [6, 6.07) is 12.8. The Bertz CT molecular complexity index is 1090. The van der Waals surface area contributed by atoms with Crippen LogP contribution in [0.2, 0.25) is 0 Å². The highest BCUT2D eigenvalue weighted by Gasteiger charge is 2.66. The second-order valence-electron chi connectivity index (χ2n) is 8.28. The monoisotopic (exact) mass is 436 g/mol. The number of rotatable bonds is 5. The fraction of sp³-hybridized carbons (Fsp3) is 0.333. The van der Waals surface area contributed by atoms with Crippen molar-refractivity contribution in [2.75, 3.05) is 12.0 Å². The zero-order chi connectivity index (χ0) is 23.2. The van der Waals surface area contributed by atoms with Crippen molar-refractivity contribution in [1.82, 2.24) is 5.32 Å². The number of aliphatic carboxylic acids is 1. The number of carbonyl (C=O) groups is 4. The molecule has 2 N–H and O–H groups in total. The topological polar surface area (TPSA) is 113 Å². The Labute approximate surface area is 185 Å². The lowest BCUT2D eigenvalue weighted by Crippen LogP contribution is -2.53. The van der Waals surface area contributed by atoms with Gasteiger partial charge < -0.3 is 9.84 Å². The number of ether oxygens (including phenoxy) is 1. The second kappa shape index (κ2) is 7.87. The van der Waals surface area contributed by atoms with Gasteiger partial charge in [-0.15, -0.1) is 0 Å². The van der Waals surface area contributed by atoms with E-state index < -0.39 is 47.2 Å². The third-order valence-electron chi connectivity index (χ3n) is 6.53. The van der Waals surface area contributed by atoms with E-state index in [0.717, 1.165) is 16.9 Å². The second-order valence-corrected chi connectivity index (χ2v) is 8.28. The number of carboxylic acids is 1. The minimum atomic E-state index is -1.62. The summed E-state index contributed by atoms with van der Waals surface area (Å²) in [6.07, 6.45) is 0.818.